The molecule has 0 saturated carbocycles. The molecule has 0 unspecified atom stereocenters. The zero-order chi connectivity index (χ0) is 15.1. The molecule has 0 aliphatic carbocycles. The van der Waals surface area contributed by atoms with Crippen LogP contribution in [0.3, 0.4) is 0 Å². The van der Waals surface area contributed by atoms with E-state index in [1.54, 1.807) is 18.2 Å². The van der Waals surface area contributed by atoms with Gasteiger partial charge in [-0.1, -0.05) is 18.3 Å². The average molecular weight is 291 g/mol. The van der Waals surface area contributed by atoms with Gasteiger partial charge in [0.05, 0.1) is 12.7 Å². The first-order valence-electron chi connectivity index (χ1n) is 5.48. The molecule has 1 rings (SSSR count). The van der Waals surface area contributed by atoms with Crippen molar-refractivity contribution in [3.8, 4) is 17.6 Å². The number of rotatable bonds is 6. The molecule has 104 valence electrons. The second-order valence-electron chi connectivity index (χ2n) is 3.70. The lowest BCUT2D eigenvalue weighted by molar-refractivity contribution is -0.119. The number of hydrogen-bond donors (Lipinski definition) is 2. The van der Waals surface area contributed by atoms with E-state index in [2.05, 4.69) is 0 Å². The minimum absolute atomic E-state index is 0.0144. The molecule has 0 fully saturated rings. The molecule has 0 atom stereocenters. The summed E-state index contributed by atoms with van der Waals surface area (Å²) in [7, 11) is 1.46. The van der Waals surface area contributed by atoms with Gasteiger partial charge in [-0.15, -0.1) is 0 Å². The Morgan fingerprint density at radius 3 is 2.65 bits per heavy atom. The third-order valence-corrected chi connectivity index (χ3v) is 2.47. The molecule has 0 aliphatic rings. The number of thiocarbonyl (C=S) groups is 1. The third-order valence-electron chi connectivity index (χ3n) is 2.25. The summed E-state index contributed by atoms with van der Waals surface area (Å²) in [4.78, 5) is 10.7. The molecule has 0 saturated heterocycles. The predicted octanol–water partition coefficient (Wildman–Crippen LogP) is 0.752. The Kier molecular flexibility index (Phi) is 5.50. The highest BCUT2D eigenvalue weighted by Crippen LogP contribution is 2.28. The lowest BCUT2D eigenvalue weighted by Crippen LogP contribution is -2.20. The van der Waals surface area contributed by atoms with E-state index in [1.165, 1.54) is 13.2 Å². The van der Waals surface area contributed by atoms with Gasteiger partial charge >= 0.3 is 0 Å². The monoisotopic (exact) mass is 291 g/mol. The molecular formula is C13H13N3O3S. The molecule has 0 spiro atoms. The van der Waals surface area contributed by atoms with Gasteiger partial charge in [0.25, 0.3) is 5.91 Å². The van der Waals surface area contributed by atoms with Crippen LogP contribution in [0.2, 0.25) is 0 Å². The third kappa shape index (κ3) is 4.26. The maximum atomic E-state index is 10.7. The fourth-order valence-electron chi connectivity index (χ4n) is 1.37. The molecule has 7 heteroatoms. The van der Waals surface area contributed by atoms with Gasteiger partial charge < -0.3 is 20.9 Å². The first-order chi connectivity index (χ1) is 9.47. The van der Waals surface area contributed by atoms with Crippen LogP contribution in [0.15, 0.2) is 23.8 Å². The zero-order valence-corrected chi connectivity index (χ0v) is 11.6. The molecule has 0 aliphatic heterocycles. The summed E-state index contributed by atoms with van der Waals surface area (Å²) in [6, 6.07) is 6.81. The van der Waals surface area contributed by atoms with E-state index in [4.69, 9.17) is 38.4 Å². The Morgan fingerprint density at radius 2 is 2.15 bits per heavy atom. The Balaban J connectivity index is 3.07. The summed E-state index contributed by atoms with van der Waals surface area (Å²) in [6.07, 6.45) is 1.53. The van der Waals surface area contributed by atoms with Crippen molar-refractivity contribution in [2.45, 2.75) is 0 Å². The van der Waals surface area contributed by atoms with Crippen molar-refractivity contribution < 1.29 is 14.3 Å². The van der Waals surface area contributed by atoms with Gasteiger partial charge in [0.1, 0.15) is 11.1 Å². The first-order valence-corrected chi connectivity index (χ1v) is 5.89. The van der Waals surface area contributed by atoms with E-state index in [0.717, 1.165) is 0 Å². The largest absolute Gasteiger partial charge is 0.493 e. The number of methoxy groups -OCH3 is 1. The van der Waals surface area contributed by atoms with Crippen molar-refractivity contribution >= 4 is 29.2 Å². The lowest BCUT2D eigenvalue weighted by Gasteiger charge is -2.10. The Bertz CT molecular complexity index is 605. The fraction of sp³-hybridized carbons (Fsp3) is 0.154. The van der Waals surface area contributed by atoms with Crippen molar-refractivity contribution in [3.05, 3.63) is 29.3 Å². The van der Waals surface area contributed by atoms with E-state index in [9.17, 15) is 4.79 Å². The minimum atomic E-state index is -0.587. The number of benzene rings is 1. The summed E-state index contributed by atoms with van der Waals surface area (Å²) in [6.45, 7) is -0.248. The molecule has 0 bridgehead atoms. The predicted molar refractivity (Wildman–Crippen MR) is 78.1 cm³/mol. The van der Waals surface area contributed by atoms with Gasteiger partial charge in [-0.25, -0.2) is 0 Å². The van der Waals surface area contributed by atoms with Crippen LogP contribution in [-0.4, -0.2) is 24.6 Å². The number of nitrogens with zero attached hydrogens (tertiary/aromatic N) is 1. The van der Waals surface area contributed by atoms with Crippen molar-refractivity contribution in [2.75, 3.05) is 13.7 Å². The van der Waals surface area contributed by atoms with Gasteiger partial charge in [0, 0.05) is 0 Å². The molecule has 1 aromatic rings. The Hall–Kier alpha value is -2.59. The molecule has 0 heterocycles. The van der Waals surface area contributed by atoms with Crippen molar-refractivity contribution in [2.24, 2.45) is 11.5 Å². The van der Waals surface area contributed by atoms with Crippen LogP contribution in [0.5, 0.6) is 11.5 Å². The van der Waals surface area contributed by atoms with Gasteiger partial charge in [0.15, 0.2) is 18.1 Å². The standard InChI is InChI=1S/C13H13N3O3S/c1-18-11-5-8(4-9(6-14)13(16)20)2-3-10(11)19-7-12(15)17/h2-5H,7H2,1H3,(H2,15,17)(H2,16,20). The summed E-state index contributed by atoms with van der Waals surface area (Å²) >= 11 is 4.75. The van der Waals surface area contributed by atoms with Crippen LogP contribution in [0.1, 0.15) is 5.56 Å². The number of carbonyl (C=O) groups excluding carboxylic acids is 1. The van der Waals surface area contributed by atoms with Crippen molar-refractivity contribution in [1.29, 1.82) is 5.26 Å². The van der Waals surface area contributed by atoms with Crippen LogP contribution in [0, 0.1) is 11.3 Å². The van der Waals surface area contributed by atoms with Crippen LogP contribution >= 0.6 is 12.2 Å². The van der Waals surface area contributed by atoms with Crippen LogP contribution in [0.4, 0.5) is 0 Å². The van der Waals surface area contributed by atoms with Gasteiger partial charge in [-0.3, -0.25) is 4.79 Å². The second kappa shape index (κ2) is 7.11. The Morgan fingerprint density at radius 1 is 1.45 bits per heavy atom. The molecule has 1 aromatic carbocycles. The number of primary amides is 1. The fourth-order valence-corrected chi connectivity index (χ4v) is 1.47. The summed E-state index contributed by atoms with van der Waals surface area (Å²) in [5.74, 6) is 0.189. The number of amides is 1. The normalized spacial score (nSPS) is 10.5. The van der Waals surface area contributed by atoms with Gasteiger partial charge in [0.2, 0.25) is 0 Å². The van der Waals surface area contributed by atoms with Crippen LogP contribution < -0.4 is 20.9 Å². The minimum Gasteiger partial charge on any atom is -0.493 e. The smallest absolute Gasteiger partial charge is 0.255 e. The lowest BCUT2D eigenvalue weighted by atomic mass is 10.1. The van der Waals surface area contributed by atoms with E-state index >= 15 is 0 Å². The zero-order valence-electron chi connectivity index (χ0n) is 10.8. The topological polar surface area (TPSA) is 111 Å². The second-order valence-corrected chi connectivity index (χ2v) is 4.14. The van der Waals surface area contributed by atoms with Crippen molar-refractivity contribution in [1.82, 2.24) is 0 Å². The quantitative estimate of drug-likeness (QED) is 0.454. The maximum absolute atomic E-state index is 10.7. The number of nitriles is 1. The first kappa shape index (κ1) is 15.5. The maximum Gasteiger partial charge on any atom is 0.255 e. The SMILES string of the molecule is COc1cc(C=C(C#N)C(N)=S)ccc1OCC(N)=O. The molecule has 4 N–H and O–H groups in total. The molecule has 20 heavy (non-hydrogen) atoms. The van der Waals surface area contributed by atoms with E-state index in [1.807, 2.05) is 6.07 Å². The number of nitrogens with two attached hydrogens (primary N) is 2. The van der Waals surface area contributed by atoms with E-state index < -0.39 is 5.91 Å². The molecule has 0 aromatic heterocycles. The van der Waals surface area contributed by atoms with Crippen molar-refractivity contribution in [3.63, 3.8) is 0 Å². The van der Waals surface area contributed by atoms with E-state index in [-0.39, 0.29) is 17.2 Å². The van der Waals surface area contributed by atoms with E-state index in [0.29, 0.717) is 17.1 Å². The summed E-state index contributed by atoms with van der Waals surface area (Å²) in [5.41, 5.74) is 11.3. The molecule has 0 radical (unpaired) electrons. The highest BCUT2D eigenvalue weighted by Gasteiger charge is 2.07. The molecule has 6 nitrogen and oxygen atoms in total. The summed E-state index contributed by atoms with van der Waals surface area (Å²) < 4.78 is 10.3. The Labute approximate surface area is 121 Å². The van der Waals surface area contributed by atoms with Crippen LogP contribution in [0.25, 0.3) is 6.08 Å². The highest BCUT2D eigenvalue weighted by molar-refractivity contribution is 7.80. The van der Waals surface area contributed by atoms with Crippen LogP contribution in [-0.2, 0) is 4.79 Å². The molecule has 1 amide bonds. The summed E-state index contributed by atoms with van der Waals surface area (Å²) in [5, 5.41) is 8.89. The van der Waals surface area contributed by atoms with Gasteiger partial charge in [-0.2, -0.15) is 5.26 Å². The number of hydrogen-bond acceptors (Lipinski definition) is 5. The molecular weight excluding hydrogens is 278 g/mol. The number of carbonyl (C=O) groups is 1. The average Bonchev–Trinajstić information content (AvgIpc) is 2.42. The number of ether oxygens (including phenoxy) is 2. The van der Waals surface area contributed by atoms with Gasteiger partial charge in [-0.05, 0) is 23.8 Å². The highest BCUT2D eigenvalue weighted by atomic mass is 32.1.